The molecule has 3 nitrogen and oxygen atoms in total. The molecule has 1 amide bonds. The molecule has 28 heavy (non-hydrogen) atoms. The number of carbonyl (C=O) groups excluding carboxylic acids is 1. The molecule has 0 radical (unpaired) electrons. The van der Waals surface area contributed by atoms with Crippen molar-refractivity contribution >= 4 is 17.7 Å². The minimum atomic E-state index is -0.183. The van der Waals surface area contributed by atoms with Crippen LogP contribution in [0.15, 0.2) is 42.5 Å². The van der Waals surface area contributed by atoms with Crippen LogP contribution in [0.25, 0.3) is 0 Å². The first kappa shape index (κ1) is 20.8. The molecule has 150 valence electrons. The molecule has 1 aliphatic rings. The van der Waals surface area contributed by atoms with Gasteiger partial charge in [0, 0.05) is 6.54 Å². The van der Waals surface area contributed by atoms with E-state index in [0.29, 0.717) is 18.0 Å². The molecule has 0 saturated carbocycles. The van der Waals surface area contributed by atoms with E-state index in [-0.39, 0.29) is 22.1 Å². The van der Waals surface area contributed by atoms with Gasteiger partial charge < -0.3 is 10.0 Å². The van der Waals surface area contributed by atoms with Gasteiger partial charge in [-0.05, 0) is 45.2 Å². The first-order valence-electron chi connectivity index (χ1n) is 9.81. The van der Waals surface area contributed by atoms with Crippen LogP contribution in [0.4, 0.5) is 0 Å². The third-order valence-electron chi connectivity index (χ3n) is 5.20. The Kier molecular flexibility index (Phi) is 5.55. The van der Waals surface area contributed by atoms with Crippen molar-refractivity contribution in [2.75, 3.05) is 5.75 Å². The van der Waals surface area contributed by atoms with E-state index in [1.165, 1.54) is 0 Å². The molecule has 1 fully saturated rings. The summed E-state index contributed by atoms with van der Waals surface area (Å²) in [5, 5.41) is 11.0. The summed E-state index contributed by atoms with van der Waals surface area (Å²) < 4.78 is 0. The number of hydrogen-bond acceptors (Lipinski definition) is 3. The average molecular weight is 398 g/mol. The van der Waals surface area contributed by atoms with Crippen molar-refractivity contribution < 1.29 is 9.90 Å². The predicted octanol–water partition coefficient (Wildman–Crippen LogP) is 5.76. The van der Waals surface area contributed by atoms with Crippen LogP contribution >= 0.6 is 11.8 Å². The molecule has 1 atom stereocenters. The molecule has 1 heterocycles. The Morgan fingerprint density at radius 2 is 1.54 bits per heavy atom. The zero-order chi connectivity index (χ0) is 20.7. The van der Waals surface area contributed by atoms with Crippen molar-refractivity contribution in [2.45, 2.75) is 64.3 Å². The first-order valence-corrected chi connectivity index (χ1v) is 10.9. The summed E-state index contributed by atoms with van der Waals surface area (Å²) in [7, 11) is 0. The Morgan fingerprint density at radius 3 is 2.04 bits per heavy atom. The van der Waals surface area contributed by atoms with E-state index in [1.54, 1.807) is 11.8 Å². The number of aromatic hydroxyl groups is 1. The molecule has 1 N–H and O–H groups in total. The van der Waals surface area contributed by atoms with Gasteiger partial charge in [-0.25, -0.2) is 0 Å². The van der Waals surface area contributed by atoms with Crippen LogP contribution in [0.5, 0.6) is 5.75 Å². The van der Waals surface area contributed by atoms with Crippen molar-refractivity contribution in [3.63, 3.8) is 0 Å². The second-order valence-electron chi connectivity index (χ2n) is 9.64. The Hall–Kier alpha value is -1.94. The molecule has 4 heteroatoms. The number of carbonyl (C=O) groups is 1. The highest BCUT2D eigenvalue weighted by Gasteiger charge is 2.35. The van der Waals surface area contributed by atoms with E-state index in [9.17, 15) is 9.90 Å². The average Bonchev–Trinajstić information content (AvgIpc) is 2.95. The van der Waals surface area contributed by atoms with Crippen LogP contribution in [-0.4, -0.2) is 21.7 Å². The van der Waals surface area contributed by atoms with Gasteiger partial charge in [0.05, 0.1) is 5.75 Å². The maximum atomic E-state index is 12.6. The van der Waals surface area contributed by atoms with Crippen molar-refractivity contribution in [3.05, 3.63) is 64.7 Å². The molecule has 1 aliphatic heterocycles. The Morgan fingerprint density at radius 1 is 1.00 bits per heavy atom. The van der Waals surface area contributed by atoms with Crippen molar-refractivity contribution in [3.8, 4) is 5.75 Å². The van der Waals surface area contributed by atoms with Crippen LogP contribution in [0.3, 0.4) is 0 Å². The summed E-state index contributed by atoms with van der Waals surface area (Å²) >= 11 is 1.67. The molecule has 0 aromatic heterocycles. The minimum Gasteiger partial charge on any atom is -0.507 e. The number of thioether (sulfide) groups is 1. The third kappa shape index (κ3) is 4.22. The number of nitrogens with zero attached hydrogens (tertiary/aromatic N) is 1. The van der Waals surface area contributed by atoms with Crippen LogP contribution < -0.4 is 0 Å². The molecule has 0 bridgehead atoms. The summed E-state index contributed by atoms with van der Waals surface area (Å²) in [6, 6.07) is 14.3. The fourth-order valence-electron chi connectivity index (χ4n) is 3.62. The van der Waals surface area contributed by atoms with Crippen LogP contribution in [0, 0.1) is 0 Å². The summed E-state index contributed by atoms with van der Waals surface area (Å²) in [5.41, 5.74) is 3.74. The predicted molar refractivity (Wildman–Crippen MR) is 118 cm³/mol. The van der Waals surface area contributed by atoms with E-state index < -0.39 is 0 Å². The molecule has 0 aliphatic carbocycles. The second kappa shape index (κ2) is 7.47. The summed E-state index contributed by atoms with van der Waals surface area (Å²) in [6.07, 6.45) is 0. The zero-order valence-corrected chi connectivity index (χ0v) is 18.6. The summed E-state index contributed by atoms with van der Waals surface area (Å²) in [4.78, 5) is 14.6. The highest BCUT2D eigenvalue weighted by Crippen LogP contribution is 2.46. The van der Waals surface area contributed by atoms with E-state index in [1.807, 2.05) is 23.1 Å². The van der Waals surface area contributed by atoms with Crippen LogP contribution in [-0.2, 0) is 22.2 Å². The van der Waals surface area contributed by atoms with Gasteiger partial charge in [0.25, 0.3) is 0 Å². The fourth-order valence-corrected chi connectivity index (χ4v) is 4.79. The first-order chi connectivity index (χ1) is 13.0. The van der Waals surface area contributed by atoms with E-state index in [0.717, 1.165) is 22.3 Å². The van der Waals surface area contributed by atoms with E-state index in [4.69, 9.17) is 0 Å². The topological polar surface area (TPSA) is 40.5 Å². The lowest BCUT2D eigenvalue weighted by Crippen LogP contribution is -2.28. The smallest absolute Gasteiger partial charge is 0.234 e. The highest BCUT2D eigenvalue weighted by atomic mass is 32.2. The Balaban J connectivity index is 2.07. The number of hydrogen-bond donors (Lipinski definition) is 1. The van der Waals surface area contributed by atoms with E-state index in [2.05, 4.69) is 65.8 Å². The monoisotopic (exact) mass is 397 g/mol. The minimum absolute atomic E-state index is 0.0319. The standard InChI is InChI=1S/C24H31NO2S/c1-23(2,3)18-12-17(13-19(21(18)27)24(4,5)6)22-25(20(26)15-28-22)14-16-10-8-7-9-11-16/h7-13,22,27H,14-15H2,1-6H3/t22-/m0/s1. The molecule has 3 rings (SSSR count). The van der Waals surface area contributed by atoms with Crippen molar-refractivity contribution in [1.82, 2.24) is 4.90 Å². The van der Waals surface area contributed by atoms with Gasteiger partial charge in [-0.2, -0.15) is 0 Å². The lowest BCUT2D eigenvalue weighted by Gasteiger charge is -2.31. The number of rotatable bonds is 3. The summed E-state index contributed by atoms with van der Waals surface area (Å²) in [6.45, 7) is 13.3. The third-order valence-corrected chi connectivity index (χ3v) is 6.45. The van der Waals surface area contributed by atoms with Crippen molar-refractivity contribution in [1.29, 1.82) is 0 Å². The number of phenolic OH excluding ortho intramolecular Hbond substituents is 1. The van der Waals surface area contributed by atoms with Gasteiger partial charge in [0.15, 0.2) is 0 Å². The van der Waals surface area contributed by atoms with Crippen LogP contribution in [0.1, 0.15) is 69.2 Å². The van der Waals surface area contributed by atoms with Gasteiger partial charge >= 0.3 is 0 Å². The van der Waals surface area contributed by atoms with Gasteiger partial charge in [-0.3, -0.25) is 4.79 Å². The molecular weight excluding hydrogens is 366 g/mol. The highest BCUT2D eigenvalue weighted by molar-refractivity contribution is 8.00. The Labute approximate surface area is 173 Å². The normalized spacial score (nSPS) is 18.0. The lowest BCUT2D eigenvalue weighted by molar-refractivity contribution is -0.128. The molecule has 1 saturated heterocycles. The fraction of sp³-hybridized carbons (Fsp3) is 0.458. The van der Waals surface area contributed by atoms with Gasteiger partial charge in [0.1, 0.15) is 11.1 Å². The molecule has 0 unspecified atom stereocenters. The Bertz CT molecular complexity index is 827. The molecule has 2 aromatic rings. The quantitative estimate of drug-likeness (QED) is 0.716. The lowest BCUT2D eigenvalue weighted by atomic mass is 9.78. The van der Waals surface area contributed by atoms with Crippen LogP contribution in [0.2, 0.25) is 0 Å². The number of amides is 1. The SMILES string of the molecule is CC(C)(C)c1cc([C@@H]2SCC(=O)N2Cc2ccccc2)cc(C(C)(C)C)c1O. The van der Waals surface area contributed by atoms with Gasteiger partial charge in [-0.1, -0.05) is 71.9 Å². The van der Waals surface area contributed by atoms with Crippen molar-refractivity contribution in [2.24, 2.45) is 0 Å². The number of phenols is 1. The second-order valence-corrected chi connectivity index (χ2v) is 10.7. The van der Waals surface area contributed by atoms with Gasteiger partial charge in [0.2, 0.25) is 5.91 Å². The molecule has 0 spiro atoms. The maximum absolute atomic E-state index is 12.6. The zero-order valence-electron chi connectivity index (χ0n) is 17.7. The molecule has 2 aromatic carbocycles. The van der Waals surface area contributed by atoms with E-state index >= 15 is 0 Å². The maximum Gasteiger partial charge on any atom is 0.234 e. The molecular formula is C24H31NO2S. The summed E-state index contributed by atoms with van der Waals surface area (Å²) in [5.74, 6) is 1.04. The largest absolute Gasteiger partial charge is 0.507 e. The number of benzene rings is 2. The van der Waals surface area contributed by atoms with Gasteiger partial charge in [-0.15, -0.1) is 11.8 Å².